The average Bonchev–Trinajstić information content (AvgIpc) is 2.69. The van der Waals surface area contributed by atoms with Crippen molar-refractivity contribution >= 4 is 29.3 Å². The highest BCUT2D eigenvalue weighted by Gasteiger charge is 2.11. The second kappa shape index (κ2) is 9.71. The van der Waals surface area contributed by atoms with Crippen molar-refractivity contribution in [1.29, 1.82) is 0 Å². The molecule has 0 unspecified atom stereocenters. The van der Waals surface area contributed by atoms with Crippen LogP contribution in [0.1, 0.15) is 5.56 Å². The number of hydrogen-bond acceptors (Lipinski definition) is 4. The Bertz CT molecular complexity index is 963. The van der Waals surface area contributed by atoms with E-state index in [0.29, 0.717) is 11.3 Å². The molecule has 6 heteroatoms. The molecule has 0 aliphatic heterocycles. The molecule has 3 aromatic rings. The maximum atomic E-state index is 13.1. The summed E-state index contributed by atoms with van der Waals surface area (Å²) < 4.78 is 18.1. The predicted octanol–water partition coefficient (Wildman–Crippen LogP) is 4.70. The van der Waals surface area contributed by atoms with Gasteiger partial charge in [-0.2, -0.15) is 0 Å². The number of rotatable bonds is 7. The molecular weight excluding hydrogens is 377 g/mol. The van der Waals surface area contributed by atoms with Gasteiger partial charge in [-0.15, -0.1) is 0 Å². The Balaban J connectivity index is 1.54. The monoisotopic (exact) mass is 395 g/mol. The molecular formula is C22H18FNO3S. The topological polar surface area (TPSA) is 55.4 Å². The van der Waals surface area contributed by atoms with Gasteiger partial charge in [0.2, 0.25) is 0 Å². The van der Waals surface area contributed by atoms with Crippen LogP contribution in [0.2, 0.25) is 0 Å². The lowest BCUT2D eigenvalue weighted by molar-refractivity contribution is -0.146. The number of para-hydroxylation sites is 1. The van der Waals surface area contributed by atoms with Crippen molar-refractivity contribution in [3.8, 4) is 0 Å². The van der Waals surface area contributed by atoms with Crippen LogP contribution in [-0.2, 0) is 20.7 Å². The van der Waals surface area contributed by atoms with Crippen molar-refractivity contribution < 1.29 is 18.7 Å². The number of ether oxygens (including phenoxy) is 1. The zero-order valence-corrected chi connectivity index (χ0v) is 15.7. The molecule has 1 N–H and O–H groups in total. The Labute approximate surface area is 166 Å². The van der Waals surface area contributed by atoms with Gasteiger partial charge in [-0.1, -0.05) is 54.2 Å². The lowest BCUT2D eigenvalue weighted by Gasteiger charge is -2.11. The largest absolute Gasteiger partial charge is 0.455 e. The number of anilines is 1. The molecule has 3 aromatic carbocycles. The molecule has 0 spiro atoms. The lowest BCUT2D eigenvalue weighted by Crippen LogP contribution is -2.22. The van der Waals surface area contributed by atoms with Crippen LogP contribution in [0.3, 0.4) is 0 Å². The van der Waals surface area contributed by atoms with Gasteiger partial charge in [0.15, 0.2) is 6.61 Å². The standard InChI is InChI=1S/C22H18FNO3S/c23-17-8-6-7-16(13-17)14-22(26)27-15-21(25)24-19-11-4-5-12-20(19)28-18-9-2-1-3-10-18/h1-13H,14-15H2,(H,24,25). The molecule has 28 heavy (non-hydrogen) atoms. The molecule has 1 amide bonds. The normalized spacial score (nSPS) is 10.3. The third-order valence-electron chi connectivity index (χ3n) is 3.73. The number of nitrogens with one attached hydrogen (secondary N) is 1. The van der Waals surface area contributed by atoms with E-state index in [0.717, 1.165) is 9.79 Å². The predicted molar refractivity (Wildman–Crippen MR) is 107 cm³/mol. The van der Waals surface area contributed by atoms with Crippen LogP contribution in [0.25, 0.3) is 0 Å². The number of esters is 1. The molecule has 0 aliphatic carbocycles. The second-order valence-electron chi connectivity index (χ2n) is 5.93. The third kappa shape index (κ3) is 5.96. The summed E-state index contributed by atoms with van der Waals surface area (Å²) in [5, 5.41) is 2.76. The Kier molecular flexibility index (Phi) is 6.81. The number of carbonyl (C=O) groups is 2. The molecule has 0 bridgehead atoms. The second-order valence-corrected chi connectivity index (χ2v) is 7.04. The Morgan fingerprint density at radius 2 is 1.68 bits per heavy atom. The molecule has 0 atom stereocenters. The minimum atomic E-state index is -0.590. The highest BCUT2D eigenvalue weighted by Crippen LogP contribution is 2.33. The van der Waals surface area contributed by atoms with Gasteiger partial charge in [0.25, 0.3) is 5.91 Å². The molecule has 0 saturated heterocycles. The summed E-state index contributed by atoms with van der Waals surface area (Å²) in [5.74, 6) is -1.45. The van der Waals surface area contributed by atoms with Crippen LogP contribution in [0, 0.1) is 5.82 Å². The molecule has 4 nitrogen and oxygen atoms in total. The molecule has 0 heterocycles. The van der Waals surface area contributed by atoms with Gasteiger partial charge in [-0.3, -0.25) is 9.59 Å². The SMILES string of the molecule is O=C(COC(=O)Cc1cccc(F)c1)Nc1ccccc1Sc1ccccc1. The summed E-state index contributed by atoms with van der Waals surface area (Å²) in [6.07, 6.45) is -0.0918. The van der Waals surface area contributed by atoms with E-state index in [1.165, 1.54) is 30.0 Å². The molecule has 0 fully saturated rings. The Morgan fingerprint density at radius 1 is 0.929 bits per heavy atom. The number of amides is 1. The van der Waals surface area contributed by atoms with Crippen LogP contribution >= 0.6 is 11.8 Å². The van der Waals surface area contributed by atoms with E-state index in [1.807, 2.05) is 48.5 Å². The quantitative estimate of drug-likeness (QED) is 0.589. The number of benzene rings is 3. The van der Waals surface area contributed by atoms with E-state index in [-0.39, 0.29) is 6.42 Å². The van der Waals surface area contributed by atoms with Crippen LogP contribution in [0.5, 0.6) is 0 Å². The number of hydrogen-bond donors (Lipinski definition) is 1. The molecule has 0 saturated carbocycles. The summed E-state index contributed by atoms with van der Waals surface area (Å²) >= 11 is 1.53. The first-order chi connectivity index (χ1) is 13.6. The van der Waals surface area contributed by atoms with Crippen LogP contribution in [0.4, 0.5) is 10.1 Å². The van der Waals surface area contributed by atoms with Gasteiger partial charge >= 0.3 is 5.97 Å². The summed E-state index contributed by atoms with van der Waals surface area (Å²) in [7, 11) is 0. The van der Waals surface area contributed by atoms with Gasteiger partial charge in [0.05, 0.1) is 12.1 Å². The van der Waals surface area contributed by atoms with Gasteiger partial charge in [0, 0.05) is 9.79 Å². The van der Waals surface area contributed by atoms with Crippen LogP contribution in [-0.4, -0.2) is 18.5 Å². The number of halogens is 1. The van der Waals surface area contributed by atoms with Crippen molar-refractivity contribution in [3.63, 3.8) is 0 Å². The van der Waals surface area contributed by atoms with Gasteiger partial charge in [-0.25, -0.2) is 4.39 Å². The molecule has 142 valence electrons. The van der Waals surface area contributed by atoms with Crippen LogP contribution in [0.15, 0.2) is 88.7 Å². The maximum Gasteiger partial charge on any atom is 0.310 e. The zero-order chi connectivity index (χ0) is 19.8. The highest BCUT2D eigenvalue weighted by molar-refractivity contribution is 7.99. The first kappa shape index (κ1) is 19.6. The minimum Gasteiger partial charge on any atom is -0.455 e. The molecule has 0 aromatic heterocycles. The Hall–Kier alpha value is -3.12. The van der Waals surface area contributed by atoms with E-state index in [9.17, 15) is 14.0 Å². The first-order valence-corrected chi connectivity index (χ1v) is 9.43. The van der Waals surface area contributed by atoms with Crippen molar-refractivity contribution in [2.24, 2.45) is 0 Å². The van der Waals surface area contributed by atoms with Crippen molar-refractivity contribution in [2.75, 3.05) is 11.9 Å². The average molecular weight is 395 g/mol. The fourth-order valence-corrected chi connectivity index (χ4v) is 3.39. The summed E-state index contributed by atoms with van der Waals surface area (Å²) in [5.41, 5.74) is 1.14. The molecule has 3 rings (SSSR count). The van der Waals surface area contributed by atoms with E-state index in [2.05, 4.69) is 5.32 Å². The minimum absolute atomic E-state index is 0.0918. The van der Waals surface area contributed by atoms with E-state index >= 15 is 0 Å². The molecule has 0 aliphatic rings. The summed E-state index contributed by atoms with van der Waals surface area (Å²) in [6.45, 7) is -0.404. The highest BCUT2D eigenvalue weighted by atomic mass is 32.2. The van der Waals surface area contributed by atoms with Crippen LogP contribution < -0.4 is 5.32 Å². The smallest absolute Gasteiger partial charge is 0.310 e. The van der Waals surface area contributed by atoms with Crippen molar-refractivity contribution in [2.45, 2.75) is 16.2 Å². The summed E-state index contributed by atoms with van der Waals surface area (Å²) in [6, 6.07) is 22.9. The van der Waals surface area contributed by atoms with Gasteiger partial charge < -0.3 is 10.1 Å². The van der Waals surface area contributed by atoms with Gasteiger partial charge in [-0.05, 0) is 42.0 Å². The van der Waals surface area contributed by atoms with E-state index in [4.69, 9.17) is 4.74 Å². The zero-order valence-electron chi connectivity index (χ0n) is 14.9. The lowest BCUT2D eigenvalue weighted by atomic mass is 10.1. The molecule has 0 radical (unpaired) electrons. The van der Waals surface area contributed by atoms with Gasteiger partial charge in [0.1, 0.15) is 5.82 Å². The summed E-state index contributed by atoms with van der Waals surface area (Å²) in [4.78, 5) is 26.0. The fourth-order valence-electron chi connectivity index (χ4n) is 2.47. The Morgan fingerprint density at radius 3 is 2.46 bits per heavy atom. The van der Waals surface area contributed by atoms with Crippen molar-refractivity contribution in [1.82, 2.24) is 0 Å². The van der Waals surface area contributed by atoms with E-state index < -0.39 is 24.3 Å². The maximum absolute atomic E-state index is 13.1. The van der Waals surface area contributed by atoms with Crippen molar-refractivity contribution in [3.05, 3.63) is 90.2 Å². The fraction of sp³-hybridized carbons (Fsp3) is 0.0909. The third-order valence-corrected chi connectivity index (χ3v) is 4.82. The first-order valence-electron chi connectivity index (χ1n) is 8.62. The van der Waals surface area contributed by atoms with E-state index in [1.54, 1.807) is 12.1 Å². The number of carbonyl (C=O) groups excluding carboxylic acids is 2.